The Balaban J connectivity index is 2.24. The molecule has 0 heterocycles. The fourth-order valence-corrected chi connectivity index (χ4v) is 15.5. The lowest BCUT2D eigenvalue weighted by atomic mass is 9.98. The maximum absolute atomic E-state index is 15.7. The number of alkyl carbamates (subject to hydrolysis) is 1. The molecule has 0 unspecified atom stereocenters. The third-order valence-corrected chi connectivity index (χ3v) is 23.6. The SMILES string of the molecule is CCCCCCCC(=O)NCCCC[C@H](NC(=O)[C@H](CCCCNC(=O)COCCOCCOC)NC(=O)[C@H](CCCCNC(=O)COCCOCCOC)NC(=O)[C@H](CCCCNC(=O)COCCOCCOC)NC(=O)OCC1c2ccccc2-c2ccccc21)C(=O)N[C@@H](CCCCNC(=O)CCCCCCC)C(=O)N[C@@H](CCCCNC(=O)CCCCCCC)C(=O)N[C@@H](CS)C(=O)OC. The van der Waals surface area contributed by atoms with Crippen LogP contribution in [0.5, 0.6) is 0 Å². The van der Waals surface area contributed by atoms with Crippen LogP contribution in [0.4, 0.5) is 4.79 Å². The predicted molar refractivity (Wildman–Crippen MR) is 531 cm³/mol. The molecule has 1 aliphatic carbocycles. The van der Waals surface area contributed by atoms with Gasteiger partial charge in [0.2, 0.25) is 70.9 Å². The average Bonchev–Trinajstić information content (AvgIpc) is 1.61. The molecule has 0 spiro atoms. The summed E-state index contributed by atoms with van der Waals surface area (Å²) >= 11 is 4.30. The molecule has 0 saturated carbocycles. The van der Waals surface area contributed by atoms with Crippen LogP contribution in [0.15, 0.2) is 48.5 Å². The number of methoxy groups -OCH3 is 4. The molecule has 0 bridgehead atoms. The van der Waals surface area contributed by atoms with Crippen molar-refractivity contribution in [3.63, 3.8) is 0 Å². The van der Waals surface area contributed by atoms with Crippen molar-refractivity contribution < 1.29 is 119 Å². The van der Waals surface area contributed by atoms with E-state index < -0.39 is 108 Å². The molecule has 7 atom stereocenters. The lowest BCUT2D eigenvalue weighted by Gasteiger charge is -2.28. The number of ether oxygens (including phenoxy) is 11. The number of carbonyl (C=O) groups excluding carboxylic acids is 14. The highest BCUT2D eigenvalue weighted by molar-refractivity contribution is 7.80. The molecule has 13 N–H and O–H groups in total. The van der Waals surface area contributed by atoms with Gasteiger partial charge in [0.05, 0.1) is 86.4 Å². The fraction of sp³-hybridized carbons (Fsp3) is 0.740. The molecule has 2 aromatic carbocycles. The molecule has 39 heteroatoms. The summed E-state index contributed by atoms with van der Waals surface area (Å²) in [6.45, 7) is 9.68. The lowest BCUT2D eigenvalue weighted by molar-refractivity contribution is -0.144. The van der Waals surface area contributed by atoms with Crippen molar-refractivity contribution in [2.45, 2.75) is 300 Å². The van der Waals surface area contributed by atoms with Gasteiger partial charge in [-0.05, 0) is 157 Å². The van der Waals surface area contributed by atoms with E-state index >= 15 is 24.0 Å². The maximum Gasteiger partial charge on any atom is 0.407 e. The van der Waals surface area contributed by atoms with Crippen LogP contribution >= 0.6 is 12.6 Å². The van der Waals surface area contributed by atoms with Crippen molar-refractivity contribution >= 4 is 95.6 Å². The summed E-state index contributed by atoms with van der Waals surface area (Å²) in [4.78, 5) is 197. The minimum Gasteiger partial charge on any atom is -0.467 e. The zero-order valence-electron chi connectivity index (χ0n) is 84.1. The number of esters is 1. The molecule has 38 nitrogen and oxygen atoms in total. The van der Waals surface area contributed by atoms with Crippen molar-refractivity contribution in [2.75, 3.05) is 179 Å². The van der Waals surface area contributed by atoms with Gasteiger partial charge in [-0.1, -0.05) is 146 Å². The van der Waals surface area contributed by atoms with Gasteiger partial charge >= 0.3 is 12.1 Å². The van der Waals surface area contributed by atoms with Gasteiger partial charge < -0.3 is 121 Å². The van der Waals surface area contributed by atoms with E-state index in [1.807, 2.05) is 48.5 Å². The first-order valence-corrected chi connectivity index (χ1v) is 51.4. The van der Waals surface area contributed by atoms with Crippen LogP contribution in [0.25, 0.3) is 11.1 Å². The van der Waals surface area contributed by atoms with E-state index in [9.17, 15) is 43.2 Å². The van der Waals surface area contributed by atoms with Crippen LogP contribution in [0.2, 0.25) is 0 Å². The zero-order chi connectivity index (χ0) is 101. The standard InChI is InChI=1S/C100H169N13O25S/c1-8-11-14-17-20-49-87(114)101-52-33-27-43-80(93(120)108-81(44-28-34-53-102-88(115)50-21-18-15-12-9-2)95(122)110-84(97(124)112-86(74-139)99(126)131-7)47-29-35-54-103-89(116)51-22-19-16-13-10-3)107-94(121)82(45-30-36-55-104-90(117)71-135-67-64-132-61-58-128-4)109-96(123)83(46-31-37-56-105-91(118)72-136-68-65-133-62-59-129-5)111-98(125)85(48-32-38-57-106-92(119)73-137-69-66-134-63-60-130-6)113-100(127)138-70-79-77-41-25-23-39-75(77)76-40-24-26-42-78(76)79/h23-26,39-42,79-86,139H,8-22,27-38,43-74H2,1-7H3,(H,101,114)(H,102,115)(H,103,116)(H,104,117)(H,105,118)(H,106,119)(H,107,121)(H,108,120)(H,109,123)(H,110,122)(H,111,125)(H,112,124)(H,113,127)/t80-,81-,82-,83-,84-,85-,86-/m0/s1. The van der Waals surface area contributed by atoms with Gasteiger partial charge in [0.15, 0.2) is 0 Å². The van der Waals surface area contributed by atoms with Crippen molar-refractivity contribution in [3.8, 4) is 11.1 Å². The second kappa shape index (κ2) is 82.4. The molecule has 13 amide bonds. The highest BCUT2D eigenvalue weighted by Gasteiger charge is 2.36. The number of rotatable bonds is 89. The first-order chi connectivity index (χ1) is 67.6. The minimum atomic E-state index is -1.52. The summed E-state index contributed by atoms with van der Waals surface area (Å²) in [5.74, 6) is -8.09. The first kappa shape index (κ1) is 124. The van der Waals surface area contributed by atoms with E-state index in [-0.39, 0.29) is 218 Å². The quantitative estimate of drug-likeness (QED) is 0.0171. The Labute approximate surface area is 829 Å². The number of carbonyl (C=O) groups is 14. The molecule has 3 rings (SSSR count). The summed E-state index contributed by atoms with van der Waals surface area (Å²) < 4.78 is 58.9. The van der Waals surface area contributed by atoms with E-state index in [2.05, 4.69) is 103 Å². The fourth-order valence-electron chi connectivity index (χ4n) is 15.2. The number of thiol groups is 1. The van der Waals surface area contributed by atoms with E-state index in [0.29, 0.717) is 104 Å². The molecule has 0 aromatic heterocycles. The molecule has 139 heavy (non-hydrogen) atoms. The summed E-state index contributed by atoms with van der Waals surface area (Å²) in [6, 6.07) is 5.67. The minimum absolute atomic E-state index is 0.00243. The molecule has 0 fully saturated rings. The predicted octanol–water partition coefficient (Wildman–Crippen LogP) is 7.74. The highest BCUT2D eigenvalue weighted by atomic mass is 32.1. The number of amides is 13. The summed E-state index contributed by atoms with van der Waals surface area (Å²) in [5, 5.41) is 37.0. The summed E-state index contributed by atoms with van der Waals surface area (Å²) in [6.07, 6.45) is 16.9. The molecule has 0 aliphatic heterocycles. The van der Waals surface area contributed by atoms with Crippen molar-refractivity contribution in [3.05, 3.63) is 59.7 Å². The highest BCUT2D eigenvalue weighted by Crippen LogP contribution is 2.44. The van der Waals surface area contributed by atoms with Gasteiger partial charge in [0, 0.05) is 91.5 Å². The third-order valence-electron chi connectivity index (χ3n) is 23.2. The van der Waals surface area contributed by atoms with Crippen molar-refractivity contribution in [1.82, 2.24) is 69.1 Å². The van der Waals surface area contributed by atoms with E-state index in [0.717, 1.165) is 113 Å². The Morgan fingerprint density at radius 3 is 0.813 bits per heavy atom. The number of nitrogens with one attached hydrogen (secondary N) is 13. The molecule has 0 saturated heterocycles. The number of fused-ring (bicyclic) bond motifs is 3. The van der Waals surface area contributed by atoms with Gasteiger partial charge in [-0.15, -0.1) is 0 Å². The summed E-state index contributed by atoms with van der Waals surface area (Å²) in [5.41, 5.74) is 3.84. The van der Waals surface area contributed by atoms with Crippen LogP contribution in [0.3, 0.4) is 0 Å². The van der Waals surface area contributed by atoms with Crippen LogP contribution in [-0.2, 0) is 114 Å². The second-order valence-corrected chi connectivity index (χ2v) is 35.0. The Morgan fingerprint density at radius 1 is 0.288 bits per heavy atom. The smallest absolute Gasteiger partial charge is 0.407 e. The molecule has 2 aromatic rings. The monoisotopic (exact) mass is 1980 g/mol. The van der Waals surface area contributed by atoms with E-state index in [4.69, 9.17) is 52.1 Å². The first-order valence-electron chi connectivity index (χ1n) is 50.7. The van der Waals surface area contributed by atoms with Gasteiger partial charge in [-0.25, -0.2) is 9.59 Å². The average molecular weight is 1990 g/mol. The van der Waals surface area contributed by atoms with Crippen LogP contribution in [0.1, 0.15) is 269 Å². The molecule has 0 radical (unpaired) electrons. The van der Waals surface area contributed by atoms with Gasteiger partial charge in [0.1, 0.15) is 68.7 Å². The number of benzene rings is 2. The van der Waals surface area contributed by atoms with Gasteiger partial charge in [0.25, 0.3) is 0 Å². The third kappa shape index (κ3) is 60.0. The second-order valence-electron chi connectivity index (χ2n) is 34.6. The number of hydrogen-bond acceptors (Lipinski definition) is 26. The largest absolute Gasteiger partial charge is 0.467 e. The number of unbranched alkanes of at least 4 members (excludes halogenated alkanes) is 18. The van der Waals surface area contributed by atoms with Crippen molar-refractivity contribution in [1.29, 1.82) is 0 Å². The zero-order valence-corrected chi connectivity index (χ0v) is 85.0. The number of hydrogen-bond donors (Lipinski definition) is 14. The Morgan fingerprint density at radius 2 is 0.540 bits per heavy atom. The normalized spacial score (nSPS) is 13.0. The van der Waals surface area contributed by atoms with Gasteiger partial charge in [-0.3, -0.25) is 57.5 Å². The van der Waals surface area contributed by atoms with Crippen molar-refractivity contribution in [2.24, 2.45) is 0 Å². The Kier molecular flexibility index (Phi) is 73.5. The summed E-state index contributed by atoms with van der Waals surface area (Å²) in [7, 11) is 5.80. The van der Waals surface area contributed by atoms with Crippen LogP contribution in [0, 0.1) is 0 Å². The lowest BCUT2D eigenvalue weighted by Crippen LogP contribution is -2.60. The van der Waals surface area contributed by atoms with Crippen LogP contribution in [-0.4, -0.2) is 304 Å². The Bertz CT molecular complexity index is 3720. The molecule has 1 aliphatic rings. The Hall–Kier alpha value is -9.19. The maximum atomic E-state index is 15.7. The van der Waals surface area contributed by atoms with Crippen LogP contribution < -0.4 is 69.1 Å². The topological polar surface area (TPSA) is 497 Å². The van der Waals surface area contributed by atoms with E-state index in [1.165, 1.54) is 0 Å². The van der Waals surface area contributed by atoms with E-state index in [1.54, 1.807) is 21.3 Å². The molecular weight excluding hydrogens is 1820 g/mol. The molecular formula is C100H169N13O25S. The van der Waals surface area contributed by atoms with Gasteiger partial charge in [-0.2, -0.15) is 12.6 Å². The molecule has 790 valence electrons.